The summed E-state index contributed by atoms with van der Waals surface area (Å²) in [5.41, 5.74) is 1.12. The summed E-state index contributed by atoms with van der Waals surface area (Å²) in [6.07, 6.45) is 1.56. The second-order valence-corrected chi connectivity index (χ2v) is 7.02. The standard InChI is InChI=1S/C23H19NO6/c1-2-3-10-24-21(26)16-9-8-15(11-17(16)22(24)27)23(28)29-13-18(25)20-12-14-6-4-5-7-19(14)30-20/h4-9,11-12H,2-3,10,13H2,1H3. The number of para-hydroxylation sites is 1. The van der Waals surface area contributed by atoms with E-state index in [1.165, 1.54) is 23.1 Å². The third kappa shape index (κ3) is 3.50. The highest BCUT2D eigenvalue weighted by Crippen LogP contribution is 2.25. The summed E-state index contributed by atoms with van der Waals surface area (Å²) >= 11 is 0. The fraction of sp³-hybridized carbons (Fsp3) is 0.217. The molecule has 30 heavy (non-hydrogen) atoms. The summed E-state index contributed by atoms with van der Waals surface area (Å²) in [6.45, 7) is 1.82. The summed E-state index contributed by atoms with van der Waals surface area (Å²) in [5.74, 6) is -1.91. The van der Waals surface area contributed by atoms with Crippen molar-refractivity contribution in [3.05, 3.63) is 71.0 Å². The van der Waals surface area contributed by atoms with Crippen molar-refractivity contribution < 1.29 is 28.3 Å². The van der Waals surface area contributed by atoms with E-state index >= 15 is 0 Å². The molecule has 0 saturated heterocycles. The van der Waals surface area contributed by atoms with E-state index in [4.69, 9.17) is 9.15 Å². The molecular formula is C23H19NO6. The smallest absolute Gasteiger partial charge is 0.338 e. The Hall–Kier alpha value is -3.74. The van der Waals surface area contributed by atoms with E-state index in [2.05, 4.69) is 0 Å². The van der Waals surface area contributed by atoms with Gasteiger partial charge < -0.3 is 9.15 Å². The van der Waals surface area contributed by atoms with Crippen LogP contribution in [0.4, 0.5) is 0 Å². The van der Waals surface area contributed by atoms with Crippen LogP contribution in [0.1, 0.15) is 61.4 Å². The first-order valence-electron chi connectivity index (χ1n) is 9.68. The number of hydrogen-bond donors (Lipinski definition) is 0. The van der Waals surface area contributed by atoms with E-state index in [0.29, 0.717) is 18.5 Å². The molecule has 3 aromatic rings. The van der Waals surface area contributed by atoms with Crippen molar-refractivity contribution in [3.63, 3.8) is 0 Å². The summed E-state index contributed by atoms with van der Waals surface area (Å²) in [6, 6.07) is 13.0. The maximum Gasteiger partial charge on any atom is 0.338 e. The number of amides is 2. The molecule has 2 amide bonds. The molecule has 2 heterocycles. The van der Waals surface area contributed by atoms with E-state index in [0.717, 1.165) is 11.8 Å². The number of carbonyl (C=O) groups excluding carboxylic acids is 4. The summed E-state index contributed by atoms with van der Waals surface area (Å²) in [5, 5.41) is 0.779. The number of unbranched alkanes of at least 4 members (excludes halogenated alkanes) is 1. The number of esters is 1. The minimum Gasteiger partial charge on any atom is -0.454 e. The molecule has 0 N–H and O–H groups in total. The van der Waals surface area contributed by atoms with E-state index in [-0.39, 0.29) is 28.4 Å². The quantitative estimate of drug-likeness (QED) is 0.336. The van der Waals surface area contributed by atoms with Gasteiger partial charge >= 0.3 is 5.97 Å². The number of ether oxygens (including phenoxy) is 1. The van der Waals surface area contributed by atoms with Gasteiger partial charge in [0, 0.05) is 11.9 Å². The van der Waals surface area contributed by atoms with E-state index in [1.54, 1.807) is 18.2 Å². The second-order valence-electron chi connectivity index (χ2n) is 7.02. The summed E-state index contributed by atoms with van der Waals surface area (Å²) in [4.78, 5) is 50.8. The van der Waals surface area contributed by atoms with Crippen molar-refractivity contribution in [2.24, 2.45) is 0 Å². The molecule has 2 aromatic carbocycles. The number of imide groups is 1. The zero-order chi connectivity index (χ0) is 21.3. The number of Topliss-reactive ketones (excluding diaryl/α,β-unsaturated/α-hetero) is 1. The number of fused-ring (bicyclic) bond motifs is 2. The lowest BCUT2D eigenvalue weighted by Crippen LogP contribution is -2.30. The van der Waals surface area contributed by atoms with Gasteiger partial charge in [0.2, 0.25) is 5.78 Å². The van der Waals surface area contributed by atoms with Crippen LogP contribution in [-0.2, 0) is 4.74 Å². The average molecular weight is 405 g/mol. The number of furan rings is 1. The van der Waals surface area contributed by atoms with Crippen LogP contribution in [0.15, 0.2) is 52.9 Å². The van der Waals surface area contributed by atoms with Gasteiger partial charge in [0.1, 0.15) is 5.58 Å². The molecule has 0 bridgehead atoms. The number of rotatable bonds is 7. The highest BCUT2D eigenvalue weighted by molar-refractivity contribution is 6.22. The first kappa shape index (κ1) is 19.6. The highest BCUT2D eigenvalue weighted by Gasteiger charge is 2.35. The largest absolute Gasteiger partial charge is 0.454 e. The van der Waals surface area contributed by atoms with Gasteiger partial charge in [-0.25, -0.2) is 4.79 Å². The number of benzene rings is 2. The Morgan fingerprint density at radius 2 is 1.77 bits per heavy atom. The maximum absolute atomic E-state index is 12.5. The Balaban J connectivity index is 1.45. The van der Waals surface area contributed by atoms with Crippen molar-refractivity contribution in [1.29, 1.82) is 0 Å². The molecule has 0 atom stereocenters. The Bertz CT molecular complexity index is 1140. The van der Waals surface area contributed by atoms with Crippen molar-refractivity contribution >= 4 is 34.5 Å². The normalized spacial score (nSPS) is 13.0. The first-order valence-corrected chi connectivity index (χ1v) is 9.68. The molecular weight excluding hydrogens is 386 g/mol. The van der Waals surface area contributed by atoms with Crippen LogP contribution in [-0.4, -0.2) is 41.6 Å². The second kappa shape index (κ2) is 7.94. The maximum atomic E-state index is 12.5. The molecule has 7 nitrogen and oxygen atoms in total. The lowest BCUT2D eigenvalue weighted by Gasteiger charge is -2.12. The lowest BCUT2D eigenvalue weighted by molar-refractivity contribution is 0.0468. The van der Waals surface area contributed by atoms with Crippen LogP contribution in [0.25, 0.3) is 11.0 Å². The van der Waals surface area contributed by atoms with Crippen molar-refractivity contribution in [1.82, 2.24) is 4.90 Å². The fourth-order valence-corrected chi connectivity index (χ4v) is 3.34. The van der Waals surface area contributed by atoms with Gasteiger partial charge in [0.25, 0.3) is 11.8 Å². The molecule has 0 saturated carbocycles. The zero-order valence-electron chi connectivity index (χ0n) is 16.3. The predicted molar refractivity (Wildman–Crippen MR) is 108 cm³/mol. The summed E-state index contributed by atoms with van der Waals surface area (Å²) < 4.78 is 10.6. The fourth-order valence-electron chi connectivity index (χ4n) is 3.34. The van der Waals surface area contributed by atoms with Crippen LogP contribution in [0.5, 0.6) is 0 Å². The van der Waals surface area contributed by atoms with Crippen LogP contribution >= 0.6 is 0 Å². The van der Waals surface area contributed by atoms with E-state index in [1.807, 2.05) is 19.1 Å². The first-order chi connectivity index (χ1) is 14.5. The Morgan fingerprint density at radius 1 is 1.00 bits per heavy atom. The highest BCUT2D eigenvalue weighted by atomic mass is 16.5. The topological polar surface area (TPSA) is 93.9 Å². The molecule has 0 spiro atoms. The van der Waals surface area contributed by atoms with Gasteiger partial charge in [-0.2, -0.15) is 0 Å². The molecule has 4 rings (SSSR count). The van der Waals surface area contributed by atoms with Gasteiger partial charge in [-0.3, -0.25) is 19.3 Å². The van der Waals surface area contributed by atoms with Crippen molar-refractivity contribution in [2.45, 2.75) is 19.8 Å². The third-order valence-electron chi connectivity index (χ3n) is 4.98. The Kier molecular flexibility index (Phi) is 5.18. The van der Waals surface area contributed by atoms with E-state index < -0.39 is 24.3 Å². The molecule has 7 heteroatoms. The Morgan fingerprint density at radius 3 is 2.53 bits per heavy atom. The number of hydrogen-bond acceptors (Lipinski definition) is 6. The van der Waals surface area contributed by atoms with Gasteiger partial charge in [-0.1, -0.05) is 31.5 Å². The van der Waals surface area contributed by atoms with E-state index in [9.17, 15) is 19.2 Å². The lowest BCUT2D eigenvalue weighted by atomic mass is 10.1. The number of nitrogens with zero attached hydrogens (tertiary/aromatic N) is 1. The molecule has 1 aliphatic rings. The minimum atomic E-state index is -0.755. The van der Waals surface area contributed by atoms with Crippen LogP contribution < -0.4 is 0 Å². The molecule has 1 aromatic heterocycles. The summed E-state index contributed by atoms with van der Waals surface area (Å²) in [7, 11) is 0. The van der Waals surface area contributed by atoms with Crippen molar-refractivity contribution in [2.75, 3.05) is 13.2 Å². The molecule has 0 fully saturated rings. The van der Waals surface area contributed by atoms with Gasteiger partial charge in [-0.15, -0.1) is 0 Å². The molecule has 0 radical (unpaired) electrons. The molecule has 152 valence electrons. The van der Waals surface area contributed by atoms with Crippen LogP contribution in [0, 0.1) is 0 Å². The molecule has 0 unspecified atom stereocenters. The average Bonchev–Trinajstić information content (AvgIpc) is 3.30. The Labute approximate surface area is 172 Å². The number of ketones is 1. The monoisotopic (exact) mass is 405 g/mol. The molecule has 1 aliphatic heterocycles. The predicted octanol–water partition coefficient (Wildman–Crippen LogP) is 3.87. The zero-order valence-corrected chi connectivity index (χ0v) is 16.3. The van der Waals surface area contributed by atoms with Gasteiger partial charge in [0.15, 0.2) is 12.4 Å². The van der Waals surface area contributed by atoms with Crippen LogP contribution in [0.3, 0.4) is 0 Å². The van der Waals surface area contributed by atoms with Crippen LogP contribution in [0.2, 0.25) is 0 Å². The third-order valence-corrected chi connectivity index (χ3v) is 4.98. The van der Waals surface area contributed by atoms with Gasteiger partial charge in [0.05, 0.1) is 16.7 Å². The van der Waals surface area contributed by atoms with Gasteiger partial charge in [-0.05, 0) is 36.8 Å². The number of carbonyl (C=O) groups is 4. The van der Waals surface area contributed by atoms with Crippen molar-refractivity contribution in [3.8, 4) is 0 Å². The molecule has 0 aliphatic carbocycles. The minimum absolute atomic E-state index is 0.102. The SMILES string of the molecule is CCCCN1C(=O)c2ccc(C(=O)OCC(=O)c3cc4ccccc4o3)cc2C1=O.